The molecule has 0 aliphatic rings. The zero-order chi connectivity index (χ0) is 58.4. The summed E-state index contributed by atoms with van der Waals surface area (Å²) in [6.45, 7) is 31.5. The van der Waals surface area contributed by atoms with Crippen LogP contribution in [0.5, 0.6) is 5.75 Å². The number of halogens is 6. The van der Waals surface area contributed by atoms with E-state index in [4.69, 9.17) is 9.97 Å². The molecule has 7 aromatic carbocycles. The quantitative estimate of drug-likeness (QED) is 0.128. The molecule has 0 bridgehead atoms. The Bertz CT molecular complexity index is 3800. The number of hydrogen-bond donors (Lipinski definition) is 1. The van der Waals surface area contributed by atoms with Crippen molar-refractivity contribution in [1.29, 1.82) is 0 Å². The Hall–Kier alpha value is -6.77. The molecule has 0 aliphatic heterocycles. The van der Waals surface area contributed by atoms with Crippen molar-refractivity contribution in [2.75, 3.05) is 0 Å². The largest absolute Gasteiger partial charge is 0.507 e. The van der Waals surface area contributed by atoms with Gasteiger partial charge in [-0.25, -0.2) is 4.98 Å². The SMILES string of the molecule is CC(C)(C)c1cc(-c2cc(-c3ccc(-c4c(C(F)(F)F)cccc4C(F)(F)F)cc3C(C)(C)C)ccn2)[c-]c(-c2cccc3c2nc(-c2cc(C(C)(C)C)cc(C(C)(C)C)c2O)n3-c2ccc(C(C)(C)C)cc2-c2ccccc2)c1.[Pt]. The molecule has 0 saturated carbocycles. The molecule has 0 atom stereocenters. The molecule has 0 unspecified atom stereocenters. The summed E-state index contributed by atoms with van der Waals surface area (Å²) >= 11 is 0. The van der Waals surface area contributed by atoms with E-state index >= 15 is 0 Å². The third kappa shape index (κ3) is 12.1. The van der Waals surface area contributed by atoms with Gasteiger partial charge in [0.25, 0.3) is 0 Å². The molecule has 0 amide bonds. The summed E-state index contributed by atoms with van der Waals surface area (Å²) in [4.78, 5) is 10.5. The first kappa shape index (κ1) is 60.3. The van der Waals surface area contributed by atoms with Gasteiger partial charge in [-0.1, -0.05) is 194 Å². The predicted octanol–water partition coefficient (Wildman–Crippen LogP) is 20.5. The summed E-state index contributed by atoms with van der Waals surface area (Å²) in [6.07, 6.45) is -8.41. The number of phenolic OH excluding ortho intramolecular Hbond substituents is 1. The molecular weight excluding hydrogens is 1210 g/mol. The van der Waals surface area contributed by atoms with Crippen LogP contribution in [0.2, 0.25) is 0 Å². The summed E-state index contributed by atoms with van der Waals surface area (Å²) < 4.78 is 89.2. The van der Waals surface area contributed by atoms with E-state index in [0.717, 1.165) is 61.8 Å². The minimum atomic E-state index is -5.04. The van der Waals surface area contributed by atoms with E-state index in [1.54, 1.807) is 18.3 Å². The summed E-state index contributed by atoms with van der Waals surface area (Å²) in [5.41, 5.74) is 7.91. The van der Waals surface area contributed by atoms with Gasteiger partial charge in [0.15, 0.2) is 0 Å². The molecule has 11 heteroatoms. The second-order valence-corrected chi connectivity index (χ2v) is 26.3. The van der Waals surface area contributed by atoms with Crippen LogP contribution in [0.4, 0.5) is 26.3 Å². The molecule has 0 saturated heterocycles. The Labute approximate surface area is 488 Å². The molecule has 9 rings (SSSR count). The molecule has 2 aromatic heterocycles. The topological polar surface area (TPSA) is 50.9 Å². The van der Waals surface area contributed by atoms with E-state index in [2.05, 4.69) is 154 Å². The van der Waals surface area contributed by atoms with Gasteiger partial charge in [0.1, 0.15) is 11.6 Å². The normalized spacial score (nSPS) is 13.0. The molecule has 0 radical (unpaired) electrons. The molecule has 4 nitrogen and oxygen atoms in total. The zero-order valence-corrected chi connectivity index (χ0v) is 51.0. The number of rotatable bonds is 7. The maximum absolute atomic E-state index is 14.5. The maximum Gasteiger partial charge on any atom is 0.417 e. The van der Waals surface area contributed by atoms with E-state index in [1.165, 1.54) is 12.1 Å². The van der Waals surface area contributed by atoms with Gasteiger partial charge in [-0.15, -0.1) is 29.3 Å². The molecule has 0 spiro atoms. The van der Waals surface area contributed by atoms with E-state index in [9.17, 15) is 31.4 Å². The summed E-state index contributed by atoms with van der Waals surface area (Å²) in [5, 5.41) is 12.6. The third-order valence-electron chi connectivity index (χ3n) is 15.1. The van der Waals surface area contributed by atoms with Gasteiger partial charge >= 0.3 is 12.4 Å². The molecule has 1 N–H and O–H groups in total. The van der Waals surface area contributed by atoms with Crippen molar-refractivity contribution in [3.63, 3.8) is 0 Å². The van der Waals surface area contributed by atoms with Crippen LogP contribution < -0.4 is 0 Å². The summed E-state index contributed by atoms with van der Waals surface area (Å²) in [5.74, 6) is 0.730. The van der Waals surface area contributed by atoms with Crippen LogP contribution >= 0.6 is 0 Å². The molecule has 9 aromatic rings. The predicted molar refractivity (Wildman–Crippen MR) is 315 cm³/mol. The van der Waals surface area contributed by atoms with Crippen molar-refractivity contribution in [3.05, 3.63) is 191 Å². The Morgan fingerprint density at radius 3 is 1.58 bits per heavy atom. The fourth-order valence-electron chi connectivity index (χ4n) is 10.5. The van der Waals surface area contributed by atoms with Crippen molar-refractivity contribution in [2.24, 2.45) is 0 Å². The van der Waals surface area contributed by atoms with Crippen molar-refractivity contribution in [1.82, 2.24) is 14.5 Å². The number of fused-ring (bicyclic) bond motifs is 1. The number of pyridine rings is 1. The van der Waals surface area contributed by atoms with Gasteiger partial charge < -0.3 is 5.11 Å². The van der Waals surface area contributed by atoms with Crippen LogP contribution in [0.3, 0.4) is 0 Å². The number of para-hydroxylation sites is 1. The molecule has 2 heterocycles. The first-order valence-corrected chi connectivity index (χ1v) is 27.1. The van der Waals surface area contributed by atoms with E-state index in [1.807, 2.05) is 57.2 Å². The average Bonchev–Trinajstić information content (AvgIpc) is 4.03. The van der Waals surface area contributed by atoms with Crippen molar-refractivity contribution >= 4 is 11.0 Å². The van der Waals surface area contributed by atoms with Gasteiger partial charge in [-0.3, -0.25) is 9.55 Å². The second-order valence-electron chi connectivity index (χ2n) is 26.3. The van der Waals surface area contributed by atoms with Crippen molar-refractivity contribution < 1.29 is 52.5 Å². The van der Waals surface area contributed by atoms with Gasteiger partial charge in [-0.2, -0.15) is 26.3 Å². The van der Waals surface area contributed by atoms with Crippen molar-refractivity contribution in [2.45, 2.75) is 143 Å². The average molecular weight is 1280 g/mol. The van der Waals surface area contributed by atoms with E-state index < -0.39 is 39.9 Å². The van der Waals surface area contributed by atoms with E-state index in [0.29, 0.717) is 57.0 Å². The summed E-state index contributed by atoms with van der Waals surface area (Å²) in [7, 11) is 0. The first-order valence-electron chi connectivity index (χ1n) is 27.1. The number of hydrogen-bond acceptors (Lipinski definition) is 3. The molecule has 0 aliphatic carbocycles. The number of alkyl halides is 6. The minimum absolute atomic E-state index is 0. The smallest absolute Gasteiger partial charge is 0.417 e. The number of imidazole rings is 1. The van der Waals surface area contributed by atoms with Gasteiger partial charge in [0.2, 0.25) is 0 Å². The first-order chi connectivity index (χ1) is 37.0. The fraction of sp³-hybridized carbons (Fsp3) is 0.314. The van der Waals surface area contributed by atoms with Gasteiger partial charge in [0.05, 0.1) is 33.4 Å². The zero-order valence-electron chi connectivity index (χ0n) is 48.7. The number of benzene rings is 7. The van der Waals surface area contributed by atoms with Crippen LogP contribution in [0.25, 0.3) is 83.9 Å². The number of aromatic hydroxyl groups is 1. The second kappa shape index (κ2) is 21.2. The van der Waals surface area contributed by atoms with E-state index in [-0.39, 0.29) is 48.6 Å². The number of nitrogens with zero attached hydrogens (tertiary/aromatic N) is 3. The summed E-state index contributed by atoms with van der Waals surface area (Å²) in [6, 6.07) is 45.5. The van der Waals surface area contributed by atoms with Crippen LogP contribution in [0.1, 0.15) is 143 Å². The third-order valence-corrected chi connectivity index (χ3v) is 15.1. The van der Waals surface area contributed by atoms with Crippen LogP contribution in [-0.4, -0.2) is 19.6 Å². The molecule has 81 heavy (non-hydrogen) atoms. The monoisotopic (exact) mass is 1280 g/mol. The Morgan fingerprint density at radius 1 is 0.432 bits per heavy atom. The fourth-order valence-corrected chi connectivity index (χ4v) is 10.5. The minimum Gasteiger partial charge on any atom is -0.507 e. The van der Waals surface area contributed by atoms with Gasteiger partial charge in [0, 0.05) is 49.6 Å². The Balaban J connectivity index is 0.00000860. The Kier molecular flexibility index (Phi) is 15.8. The van der Waals surface area contributed by atoms with Crippen LogP contribution in [0, 0.1) is 6.07 Å². The molecule has 0 fully saturated rings. The van der Waals surface area contributed by atoms with Gasteiger partial charge in [-0.05, 0) is 115 Å². The number of phenols is 1. The number of aromatic nitrogens is 3. The standard InChI is InChI=1S/C70H70F6N3O.Pt/c1-64(2,3)46-28-30-58(51(38-46)41-21-17-16-18-22-41)79-59-26-19-23-50(61(59)78-63(79)52-39-48(66(7,8)9)40-56(62(52)80)68(13,14)15)44-33-45(35-47(34-44)65(4,5)6)57-37-42(31-32-77-57)49-29-27-43(36-55(49)67(10,11)12)60-53(69(71,72)73)24-20-25-54(60)70(74,75)76;/h16-32,34-40,80H,1-15H3;/q-1;. The van der Waals surface area contributed by atoms with Crippen molar-refractivity contribution in [3.8, 4) is 78.6 Å². The Morgan fingerprint density at radius 2 is 1.00 bits per heavy atom. The molecule has 424 valence electrons. The van der Waals surface area contributed by atoms with Crippen LogP contribution in [-0.2, 0) is 60.5 Å². The maximum atomic E-state index is 14.5. The molecular formula is C70H70F6N3OPt-. The van der Waals surface area contributed by atoms with Crippen LogP contribution in [0.15, 0.2) is 146 Å².